The summed E-state index contributed by atoms with van der Waals surface area (Å²) in [6.07, 6.45) is 1.55. The van der Waals surface area contributed by atoms with Gasteiger partial charge in [-0.05, 0) is 30.7 Å². The van der Waals surface area contributed by atoms with E-state index in [0.29, 0.717) is 11.0 Å². The highest BCUT2D eigenvalue weighted by molar-refractivity contribution is 9.10. The van der Waals surface area contributed by atoms with E-state index in [2.05, 4.69) is 49.9 Å². The smallest absolute Gasteiger partial charge is 0.254 e. The van der Waals surface area contributed by atoms with Gasteiger partial charge in [0.05, 0.1) is 24.5 Å². The molecule has 4 aliphatic rings. The van der Waals surface area contributed by atoms with E-state index in [1.54, 1.807) is 0 Å². The van der Waals surface area contributed by atoms with Gasteiger partial charge in [-0.2, -0.15) is 0 Å². The highest BCUT2D eigenvalue weighted by Gasteiger charge is 2.52. The third-order valence-corrected chi connectivity index (χ3v) is 5.87. The lowest BCUT2D eigenvalue weighted by Gasteiger charge is -2.58. The van der Waals surface area contributed by atoms with Crippen molar-refractivity contribution in [1.82, 2.24) is 21.0 Å². The van der Waals surface area contributed by atoms with Gasteiger partial charge in [-0.25, -0.2) is 5.43 Å². The minimum absolute atomic E-state index is 0.0238. The summed E-state index contributed by atoms with van der Waals surface area (Å²) < 4.78 is 6.37. The molecule has 1 aromatic rings. The molecule has 1 spiro atoms. The van der Waals surface area contributed by atoms with E-state index in [1.807, 2.05) is 23.3 Å². The Bertz CT molecular complexity index is 770. The van der Waals surface area contributed by atoms with E-state index in [0.717, 1.165) is 42.0 Å². The number of ether oxygens (including phenoxy) is 1. The molecule has 2 unspecified atom stereocenters. The molecule has 3 fully saturated rings. The predicted octanol–water partition coefficient (Wildman–Crippen LogP) is 0.627. The fourth-order valence-corrected chi connectivity index (χ4v) is 4.46. The van der Waals surface area contributed by atoms with Crippen molar-refractivity contribution in [3.63, 3.8) is 0 Å². The number of nitrogens with one attached hydrogen (secondary N) is 3. The van der Waals surface area contributed by atoms with E-state index in [4.69, 9.17) is 4.74 Å². The van der Waals surface area contributed by atoms with Gasteiger partial charge in [-0.3, -0.25) is 20.0 Å². The van der Waals surface area contributed by atoms with Gasteiger partial charge in [0.2, 0.25) is 0 Å². The van der Waals surface area contributed by atoms with Crippen LogP contribution in [0.1, 0.15) is 5.56 Å². The van der Waals surface area contributed by atoms with Gasteiger partial charge in [-0.15, -0.1) is 0 Å². The molecule has 2 atom stereocenters. The van der Waals surface area contributed by atoms with Crippen LogP contribution in [0.4, 0.5) is 5.69 Å². The predicted molar refractivity (Wildman–Crippen MR) is 96.3 cm³/mol. The SMILES string of the molecule is Cc1cc(Br)ccc1N1C=C2C(=O)NC(N3CC4(COC4)C3)NC2N1. The summed E-state index contributed by atoms with van der Waals surface area (Å²) in [6.45, 7) is 5.67. The molecule has 0 aromatic heterocycles. The lowest BCUT2D eigenvalue weighted by atomic mass is 9.78. The number of nitrogens with zero attached hydrogens (tertiary/aromatic N) is 2. The Labute approximate surface area is 154 Å². The van der Waals surface area contributed by atoms with Crippen LogP contribution in [-0.2, 0) is 9.53 Å². The number of aryl methyl sites for hydroxylation is 1. The summed E-state index contributed by atoms with van der Waals surface area (Å²) in [4.78, 5) is 14.8. The normalized spacial score (nSPS) is 30.4. The highest BCUT2D eigenvalue weighted by atomic mass is 79.9. The number of halogens is 1. The van der Waals surface area contributed by atoms with Crippen molar-refractivity contribution in [2.75, 3.05) is 31.3 Å². The van der Waals surface area contributed by atoms with E-state index in [1.165, 1.54) is 0 Å². The molecule has 3 N–H and O–H groups in total. The second-order valence-corrected chi connectivity index (χ2v) is 8.30. The number of carbonyl (C=O) groups excluding carboxylic acids is 1. The van der Waals surface area contributed by atoms with Crippen molar-refractivity contribution in [3.05, 3.63) is 40.0 Å². The van der Waals surface area contributed by atoms with Gasteiger partial charge in [-0.1, -0.05) is 15.9 Å². The lowest BCUT2D eigenvalue weighted by Crippen LogP contribution is -2.76. The first-order chi connectivity index (χ1) is 12.0. The van der Waals surface area contributed by atoms with Crippen LogP contribution in [0.2, 0.25) is 0 Å². The number of carbonyl (C=O) groups is 1. The maximum atomic E-state index is 12.5. The van der Waals surface area contributed by atoms with Crippen LogP contribution < -0.4 is 21.1 Å². The first-order valence-electron chi connectivity index (χ1n) is 8.45. The molecule has 4 heterocycles. The Morgan fingerprint density at radius 1 is 1.32 bits per heavy atom. The number of hydrazine groups is 1. The lowest BCUT2D eigenvalue weighted by molar-refractivity contribution is -0.205. The molecule has 5 rings (SSSR count). The van der Waals surface area contributed by atoms with Gasteiger partial charge in [0.1, 0.15) is 12.5 Å². The highest BCUT2D eigenvalue weighted by Crippen LogP contribution is 2.38. The summed E-state index contributed by atoms with van der Waals surface area (Å²) in [5.41, 5.74) is 6.58. The molecule has 0 bridgehead atoms. The second kappa shape index (κ2) is 5.52. The Balaban J connectivity index is 1.31. The average Bonchev–Trinajstić information content (AvgIpc) is 2.88. The molecule has 0 radical (unpaired) electrons. The van der Waals surface area contributed by atoms with Gasteiger partial charge >= 0.3 is 0 Å². The maximum absolute atomic E-state index is 12.5. The molecular weight excluding hydrogens is 386 g/mol. The van der Waals surface area contributed by atoms with E-state index in [9.17, 15) is 4.79 Å². The topological polar surface area (TPSA) is 68.9 Å². The fraction of sp³-hybridized carbons (Fsp3) is 0.471. The quantitative estimate of drug-likeness (QED) is 0.670. The average molecular weight is 406 g/mol. The molecule has 7 nitrogen and oxygen atoms in total. The molecule has 4 aliphatic heterocycles. The van der Waals surface area contributed by atoms with Crippen LogP contribution in [0.3, 0.4) is 0 Å². The zero-order chi connectivity index (χ0) is 17.2. The van der Waals surface area contributed by atoms with Gasteiger partial charge in [0.15, 0.2) is 0 Å². The minimum Gasteiger partial charge on any atom is -0.380 e. The van der Waals surface area contributed by atoms with Crippen molar-refractivity contribution >= 4 is 27.5 Å². The minimum atomic E-state index is -0.184. The Morgan fingerprint density at radius 2 is 2.12 bits per heavy atom. The summed E-state index contributed by atoms with van der Waals surface area (Å²) in [6, 6.07) is 6.10. The van der Waals surface area contributed by atoms with Crippen molar-refractivity contribution in [2.24, 2.45) is 5.41 Å². The number of anilines is 1. The first kappa shape index (κ1) is 15.8. The second-order valence-electron chi connectivity index (χ2n) is 7.39. The third kappa shape index (κ3) is 2.51. The van der Waals surface area contributed by atoms with Crippen LogP contribution >= 0.6 is 15.9 Å². The van der Waals surface area contributed by atoms with Crippen molar-refractivity contribution in [3.8, 4) is 0 Å². The van der Waals surface area contributed by atoms with Crippen LogP contribution in [0.25, 0.3) is 0 Å². The fourth-order valence-electron chi connectivity index (χ4n) is 3.98. The van der Waals surface area contributed by atoms with Crippen LogP contribution in [0.15, 0.2) is 34.4 Å². The summed E-state index contributed by atoms with van der Waals surface area (Å²) in [5.74, 6) is -0.0238. The third-order valence-electron chi connectivity index (χ3n) is 5.38. The van der Waals surface area contributed by atoms with E-state index in [-0.39, 0.29) is 18.4 Å². The van der Waals surface area contributed by atoms with Crippen molar-refractivity contribution in [2.45, 2.75) is 19.4 Å². The molecule has 0 aliphatic carbocycles. The molecule has 8 heteroatoms. The molecule has 132 valence electrons. The summed E-state index contributed by atoms with van der Waals surface area (Å²) in [7, 11) is 0. The molecule has 3 saturated heterocycles. The van der Waals surface area contributed by atoms with Crippen molar-refractivity contribution < 1.29 is 9.53 Å². The maximum Gasteiger partial charge on any atom is 0.254 e. The summed E-state index contributed by atoms with van der Waals surface area (Å²) >= 11 is 3.49. The van der Waals surface area contributed by atoms with Gasteiger partial charge in [0.25, 0.3) is 5.91 Å². The molecular formula is C17H20BrN5O2. The molecule has 25 heavy (non-hydrogen) atoms. The molecule has 1 amide bonds. The number of hydrogen-bond acceptors (Lipinski definition) is 6. The Kier molecular flexibility index (Phi) is 3.48. The standard InChI is InChI=1S/C17H20BrN5O2/c1-10-4-11(18)2-3-13(10)23-5-12-14(21-23)19-16(20-15(12)24)22-6-17(7-22)8-25-9-17/h2-5,14,16,19,21H,6-9H2,1H3,(H,20,24). The van der Waals surface area contributed by atoms with Gasteiger partial charge in [0, 0.05) is 29.2 Å². The molecule has 0 saturated carbocycles. The number of benzene rings is 1. The summed E-state index contributed by atoms with van der Waals surface area (Å²) in [5, 5.41) is 8.48. The number of rotatable bonds is 2. The molecule has 1 aromatic carbocycles. The number of amides is 1. The Morgan fingerprint density at radius 3 is 2.80 bits per heavy atom. The van der Waals surface area contributed by atoms with Crippen LogP contribution in [0, 0.1) is 12.3 Å². The zero-order valence-electron chi connectivity index (χ0n) is 13.9. The number of hydrogen-bond donors (Lipinski definition) is 3. The van der Waals surface area contributed by atoms with Crippen LogP contribution in [0.5, 0.6) is 0 Å². The van der Waals surface area contributed by atoms with Crippen LogP contribution in [-0.4, -0.2) is 49.6 Å². The largest absolute Gasteiger partial charge is 0.380 e. The Hall–Kier alpha value is -1.45. The number of fused-ring (bicyclic) bond motifs is 1. The van der Waals surface area contributed by atoms with E-state index >= 15 is 0 Å². The first-order valence-corrected chi connectivity index (χ1v) is 9.24. The van der Waals surface area contributed by atoms with Crippen molar-refractivity contribution in [1.29, 1.82) is 0 Å². The number of likely N-dealkylation sites (tertiary alicyclic amines) is 1. The van der Waals surface area contributed by atoms with Gasteiger partial charge < -0.3 is 10.1 Å². The zero-order valence-corrected chi connectivity index (χ0v) is 15.5. The van der Waals surface area contributed by atoms with E-state index < -0.39 is 0 Å². The monoisotopic (exact) mass is 405 g/mol.